The van der Waals surface area contributed by atoms with Gasteiger partial charge in [-0.25, -0.2) is 0 Å². The van der Waals surface area contributed by atoms with Crippen LogP contribution in [-0.4, -0.2) is 43.8 Å². The number of hydrogen-bond acceptors (Lipinski definition) is 4. The molecule has 1 aromatic carbocycles. The minimum atomic E-state index is 0.630. The average molecular weight is 385 g/mol. The van der Waals surface area contributed by atoms with E-state index in [2.05, 4.69) is 45.2 Å². The highest BCUT2D eigenvalue weighted by molar-refractivity contribution is 9.10. The van der Waals surface area contributed by atoms with Crippen LogP contribution in [0.2, 0.25) is 0 Å². The lowest BCUT2D eigenvalue weighted by atomic mass is 10.1. The van der Waals surface area contributed by atoms with Gasteiger partial charge in [0.05, 0.1) is 17.7 Å². The Bertz CT molecular complexity index is 496. The molecule has 130 valence electrons. The van der Waals surface area contributed by atoms with Crippen LogP contribution in [0, 0.1) is 0 Å². The van der Waals surface area contributed by atoms with Crippen LogP contribution in [0.4, 0.5) is 0 Å². The highest BCUT2D eigenvalue weighted by Gasteiger charge is 2.22. The number of rotatable bonds is 9. The second-order valence-corrected chi connectivity index (χ2v) is 6.68. The van der Waals surface area contributed by atoms with Crippen molar-refractivity contribution in [2.45, 2.75) is 46.2 Å². The molecule has 1 atom stereocenters. The molecule has 0 bridgehead atoms. The Morgan fingerprint density at radius 2 is 2.00 bits per heavy atom. The predicted octanol–water partition coefficient (Wildman–Crippen LogP) is 3.82. The summed E-state index contributed by atoms with van der Waals surface area (Å²) in [4.78, 5) is 2.56. The molecule has 4 nitrogen and oxygen atoms in total. The number of likely N-dealkylation sites (tertiary alicyclic amines) is 1. The van der Waals surface area contributed by atoms with Crippen LogP contribution in [0.5, 0.6) is 11.5 Å². The van der Waals surface area contributed by atoms with Gasteiger partial charge < -0.3 is 14.8 Å². The lowest BCUT2D eigenvalue weighted by Crippen LogP contribution is -2.37. The highest BCUT2D eigenvalue weighted by atomic mass is 79.9. The number of nitrogens with zero attached hydrogens (tertiary/aromatic N) is 1. The summed E-state index contributed by atoms with van der Waals surface area (Å²) < 4.78 is 12.4. The number of ether oxygens (including phenoxy) is 2. The Kier molecular flexibility index (Phi) is 7.66. The van der Waals surface area contributed by atoms with Gasteiger partial charge in [0.15, 0.2) is 11.5 Å². The van der Waals surface area contributed by atoms with E-state index in [1.165, 1.54) is 24.9 Å². The van der Waals surface area contributed by atoms with Crippen molar-refractivity contribution in [1.29, 1.82) is 0 Å². The van der Waals surface area contributed by atoms with Gasteiger partial charge in [-0.3, -0.25) is 4.90 Å². The summed E-state index contributed by atoms with van der Waals surface area (Å²) in [6.45, 7) is 11.8. The normalized spacial score (nSPS) is 18.3. The lowest BCUT2D eigenvalue weighted by Gasteiger charge is -2.23. The smallest absolute Gasteiger partial charge is 0.175 e. The Labute approximate surface area is 148 Å². The molecular weight excluding hydrogens is 356 g/mol. The van der Waals surface area contributed by atoms with Crippen molar-refractivity contribution in [3.63, 3.8) is 0 Å². The van der Waals surface area contributed by atoms with Crippen molar-refractivity contribution in [2.75, 3.05) is 32.8 Å². The standard InChI is InChI=1S/C18H29BrN2O2/c1-4-21-9-7-8-15(21)13-20-12-14-10-16(19)18(23-6-3)17(11-14)22-5-2/h10-11,15,20H,4-9,12-13H2,1-3H3/t15-/m0/s1. The van der Waals surface area contributed by atoms with Gasteiger partial charge in [0.25, 0.3) is 0 Å². The first-order chi connectivity index (χ1) is 11.2. The van der Waals surface area contributed by atoms with Crippen LogP contribution < -0.4 is 14.8 Å². The maximum absolute atomic E-state index is 5.73. The fourth-order valence-electron chi connectivity index (χ4n) is 3.20. The van der Waals surface area contributed by atoms with E-state index >= 15 is 0 Å². The monoisotopic (exact) mass is 384 g/mol. The first-order valence-electron chi connectivity index (χ1n) is 8.72. The summed E-state index contributed by atoms with van der Waals surface area (Å²) in [6.07, 6.45) is 2.63. The summed E-state index contributed by atoms with van der Waals surface area (Å²) in [6, 6.07) is 4.88. The molecule has 5 heteroatoms. The van der Waals surface area contributed by atoms with Crippen LogP contribution in [0.15, 0.2) is 16.6 Å². The number of hydrogen-bond donors (Lipinski definition) is 1. The van der Waals surface area contributed by atoms with Gasteiger partial charge in [0.1, 0.15) is 0 Å². The molecule has 0 unspecified atom stereocenters. The van der Waals surface area contributed by atoms with E-state index in [1.807, 2.05) is 13.8 Å². The molecule has 23 heavy (non-hydrogen) atoms. The summed E-state index contributed by atoms with van der Waals surface area (Å²) in [5, 5.41) is 3.60. The molecule has 1 heterocycles. The molecular formula is C18H29BrN2O2. The SMILES string of the molecule is CCOc1cc(CNC[C@@H]2CCCN2CC)cc(Br)c1OCC. The van der Waals surface area contributed by atoms with Gasteiger partial charge in [0, 0.05) is 19.1 Å². The number of halogens is 1. The summed E-state index contributed by atoms with van der Waals surface area (Å²) in [5.74, 6) is 1.61. The third-order valence-electron chi connectivity index (χ3n) is 4.27. The van der Waals surface area contributed by atoms with Crippen LogP contribution in [-0.2, 0) is 6.54 Å². The molecule has 1 N–H and O–H groups in total. The zero-order valence-corrected chi connectivity index (χ0v) is 16.1. The van der Waals surface area contributed by atoms with E-state index < -0.39 is 0 Å². The molecule has 0 aromatic heterocycles. The predicted molar refractivity (Wildman–Crippen MR) is 98.5 cm³/mol. The fourth-order valence-corrected chi connectivity index (χ4v) is 3.80. The van der Waals surface area contributed by atoms with E-state index in [1.54, 1.807) is 0 Å². The van der Waals surface area contributed by atoms with Crippen molar-refractivity contribution in [1.82, 2.24) is 10.2 Å². The molecule has 1 fully saturated rings. The van der Waals surface area contributed by atoms with Gasteiger partial charge in [-0.1, -0.05) is 6.92 Å². The van der Waals surface area contributed by atoms with Gasteiger partial charge in [-0.15, -0.1) is 0 Å². The zero-order valence-electron chi connectivity index (χ0n) is 14.5. The Morgan fingerprint density at radius 1 is 1.22 bits per heavy atom. The van der Waals surface area contributed by atoms with Gasteiger partial charge in [0.2, 0.25) is 0 Å². The van der Waals surface area contributed by atoms with Crippen LogP contribution in [0.1, 0.15) is 39.2 Å². The van der Waals surface area contributed by atoms with Crippen molar-refractivity contribution < 1.29 is 9.47 Å². The maximum Gasteiger partial charge on any atom is 0.175 e. The summed E-state index contributed by atoms with van der Waals surface area (Å²) in [5.41, 5.74) is 1.21. The summed E-state index contributed by atoms with van der Waals surface area (Å²) in [7, 11) is 0. The summed E-state index contributed by atoms with van der Waals surface area (Å²) >= 11 is 3.61. The van der Waals surface area contributed by atoms with Crippen molar-refractivity contribution >= 4 is 15.9 Å². The third kappa shape index (κ3) is 5.10. The Balaban J connectivity index is 1.96. The van der Waals surface area contributed by atoms with E-state index in [4.69, 9.17) is 9.47 Å². The van der Waals surface area contributed by atoms with Crippen LogP contribution in [0.25, 0.3) is 0 Å². The largest absolute Gasteiger partial charge is 0.490 e. The second kappa shape index (κ2) is 9.50. The van der Waals surface area contributed by atoms with Crippen LogP contribution in [0.3, 0.4) is 0 Å². The molecule has 1 aliphatic rings. The molecule has 1 aromatic rings. The van der Waals surface area contributed by atoms with Crippen molar-refractivity contribution in [2.24, 2.45) is 0 Å². The maximum atomic E-state index is 5.73. The third-order valence-corrected chi connectivity index (χ3v) is 4.86. The van der Waals surface area contributed by atoms with Gasteiger partial charge in [-0.2, -0.15) is 0 Å². The van der Waals surface area contributed by atoms with Crippen molar-refractivity contribution in [3.05, 3.63) is 22.2 Å². The molecule has 1 aliphatic heterocycles. The Hall–Kier alpha value is -0.780. The van der Waals surface area contributed by atoms with E-state index in [0.717, 1.165) is 35.6 Å². The number of benzene rings is 1. The Morgan fingerprint density at radius 3 is 2.70 bits per heavy atom. The molecule has 0 amide bonds. The molecule has 2 rings (SSSR count). The first-order valence-corrected chi connectivity index (χ1v) is 9.51. The van der Waals surface area contributed by atoms with E-state index in [-0.39, 0.29) is 0 Å². The molecule has 0 aliphatic carbocycles. The molecule has 1 saturated heterocycles. The first kappa shape index (κ1) is 18.6. The van der Waals surface area contributed by atoms with Gasteiger partial charge in [-0.05, 0) is 73.4 Å². The fraction of sp³-hybridized carbons (Fsp3) is 0.667. The minimum absolute atomic E-state index is 0.630. The van der Waals surface area contributed by atoms with E-state index in [0.29, 0.717) is 19.3 Å². The average Bonchev–Trinajstić information content (AvgIpc) is 2.98. The number of nitrogens with one attached hydrogen (secondary N) is 1. The van der Waals surface area contributed by atoms with Crippen LogP contribution >= 0.6 is 15.9 Å². The van der Waals surface area contributed by atoms with Gasteiger partial charge >= 0.3 is 0 Å². The zero-order chi connectivity index (χ0) is 16.7. The lowest BCUT2D eigenvalue weighted by molar-refractivity contribution is 0.259. The molecule has 0 saturated carbocycles. The van der Waals surface area contributed by atoms with E-state index in [9.17, 15) is 0 Å². The highest BCUT2D eigenvalue weighted by Crippen LogP contribution is 2.37. The second-order valence-electron chi connectivity index (χ2n) is 5.83. The minimum Gasteiger partial charge on any atom is -0.490 e. The quantitative estimate of drug-likeness (QED) is 0.701. The topological polar surface area (TPSA) is 33.7 Å². The molecule has 0 spiro atoms. The van der Waals surface area contributed by atoms with Crippen molar-refractivity contribution in [3.8, 4) is 11.5 Å². The molecule has 0 radical (unpaired) electrons. The number of likely N-dealkylation sites (N-methyl/N-ethyl adjacent to an activating group) is 1.